The summed E-state index contributed by atoms with van der Waals surface area (Å²) >= 11 is 1.77. The number of hydrogen-bond donors (Lipinski definition) is 1. The van der Waals surface area contributed by atoms with Crippen molar-refractivity contribution in [2.24, 2.45) is 4.99 Å². The monoisotopic (exact) mass is 455 g/mol. The van der Waals surface area contributed by atoms with Crippen LogP contribution in [0.3, 0.4) is 0 Å². The van der Waals surface area contributed by atoms with Gasteiger partial charge in [-0.15, -0.1) is 0 Å². The minimum Gasteiger partial charge on any atom is -0.450 e. The van der Waals surface area contributed by atoms with Crippen molar-refractivity contribution in [3.05, 3.63) is 64.2 Å². The number of nitrogens with one attached hydrogen (secondary N) is 1. The summed E-state index contributed by atoms with van der Waals surface area (Å²) < 4.78 is 33.5. The Morgan fingerprint density at radius 3 is 2.61 bits per heavy atom. The molecule has 1 saturated heterocycles. The third-order valence-electron chi connectivity index (χ3n) is 5.35. The van der Waals surface area contributed by atoms with E-state index in [2.05, 4.69) is 17.1 Å². The van der Waals surface area contributed by atoms with Gasteiger partial charge in [-0.05, 0) is 25.1 Å². The first-order valence-electron chi connectivity index (χ1n) is 9.86. The van der Waals surface area contributed by atoms with Crippen LogP contribution in [0.1, 0.15) is 11.1 Å². The highest BCUT2D eigenvalue weighted by molar-refractivity contribution is 7.99. The van der Waals surface area contributed by atoms with E-state index < -0.39 is 10.0 Å². The van der Waals surface area contributed by atoms with Gasteiger partial charge in [-0.3, -0.25) is 0 Å². The molecular formula is C22H21N3O4S2. The molecule has 0 aliphatic carbocycles. The van der Waals surface area contributed by atoms with Gasteiger partial charge < -0.3 is 9.25 Å². The highest BCUT2D eigenvalue weighted by atomic mass is 32.2. The second kappa shape index (κ2) is 7.74. The largest absolute Gasteiger partial charge is 0.450 e. The first-order valence-corrected chi connectivity index (χ1v) is 12.5. The normalized spacial score (nSPS) is 19.2. The summed E-state index contributed by atoms with van der Waals surface area (Å²) in [6.45, 7) is 7.15. The Kier molecular flexibility index (Phi) is 5.04. The van der Waals surface area contributed by atoms with Crippen LogP contribution in [-0.2, 0) is 14.9 Å². The van der Waals surface area contributed by atoms with Crippen LogP contribution >= 0.6 is 11.8 Å². The quantitative estimate of drug-likeness (QED) is 0.650. The van der Waals surface area contributed by atoms with E-state index in [1.54, 1.807) is 30.0 Å². The summed E-state index contributed by atoms with van der Waals surface area (Å²) in [4.78, 5) is 10.3. The summed E-state index contributed by atoms with van der Waals surface area (Å²) in [5.74, 6) is 2.44. The number of aliphatic imine (C=N–C) groups is 1. The van der Waals surface area contributed by atoms with Crippen molar-refractivity contribution in [1.82, 2.24) is 9.79 Å². The number of furan rings is 1. The number of amidine groups is 1. The molecule has 0 atom stereocenters. The Balaban J connectivity index is 1.57. The molecule has 0 unspecified atom stereocenters. The van der Waals surface area contributed by atoms with Crippen molar-refractivity contribution in [3.63, 3.8) is 0 Å². The predicted molar refractivity (Wildman–Crippen MR) is 122 cm³/mol. The van der Waals surface area contributed by atoms with Crippen LogP contribution in [0.5, 0.6) is 0 Å². The van der Waals surface area contributed by atoms with E-state index in [9.17, 15) is 8.42 Å². The fourth-order valence-electron chi connectivity index (χ4n) is 3.57. The molecule has 0 amide bonds. The summed E-state index contributed by atoms with van der Waals surface area (Å²) in [5.41, 5.74) is 5.75. The second-order valence-electron chi connectivity index (χ2n) is 7.42. The molecule has 1 N–H and O–H groups in total. The number of sulfonamides is 1. The number of hydroxylamine groups is 1. The molecule has 9 heteroatoms. The van der Waals surface area contributed by atoms with E-state index in [4.69, 9.17) is 9.25 Å². The number of benzene rings is 2. The molecule has 7 nitrogen and oxygen atoms in total. The maximum atomic E-state index is 13.0. The van der Waals surface area contributed by atoms with Gasteiger partial charge in [-0.2, -0.15) is 21.1 Å². The molecule has 2 aliphatic heterocycles. The molecule has 3 heterocycles. The van der Waals surface area contributed by atoms with Crippen LogP contribution in [0, 0.1) is 6.92 Å². The highest BCUT2D eigenvalue weighted by Crippen LogP contribution is 2.23. The van der Waals surface area contributed by atoms with Crippen LogP contribution in [0.25, 0.3) is 23.4 Å². The molecule has 0 spiro atoms. The first kappa shape index (κ1) is 20.2. The number of rotatable bonds is 3. The second-order valence-corrected chi connectivity index (χ2v) is 10.6. The van der Waals surface area contributed by atoms with Crippen LogP contribution in [0.4, 0.5) is 0 Å². The van der Waals surface area contributed by atoms with Gasteiger partial charge in [-0.25, -0.2) is 13.9 Å². The molecule has 2 aromatic carbocycles. The molecule has 5 rings (SSSR count). The van der Waals surface area contributed by atoms with Crippen molar-refractivity contribution in [3.8, 4) is 0 Å². The standard InChI is InChI=1S/C22H21N3O4S2/c1-14-3-5-16(6-4-14)21-23-22(29-24-21)20-15(2)18-13-17(7-8-19(18)28-20)31(26,27)25-9-11-30-12-10-25/h3-8,13H,2,9-12H2,1H3,(H,23,24). The average Bonchev–Trinajstić information content (AvgIpc) is 3.40. The zero-order valence-electron chi connectivity index (χ0n) is 16.9. The molecule has 0 saturated carbocycles. The van der Waals surface area contributed by atoms with E-state index in [-0.39, 0.29) is 10.8 Å². The lowest BCUT2D eigenvalue weighted by Crippen LogP contribution is -2.37. The molecule has 0 bridgehead atoms. The van der Waals surface area contributed by atoms with Gasteiger partial charge in [0.05, 0.1) is 4.90 Å². The third-order valence-corrected chi connectivity index (χ3v) is 8.18. The summed E-state index contributed by atoms with van der Waals surface area (Å²) in [5, 5.41) is 1.16. The Morgan fingerprint density at radius 1 is 1.13 bits per heavy atom. The van der Waals surface area contributed by atoms with E-state index in [1.807, 2.05) is 31.2 Å². The number of nitrogens with zero attached hydrogens (tertiary/aromatic N) is 2. The number of fused-ring (bicyclic) bond motifs is 1. The third kappa shape index (κ3) is 3.62. The molecule has 2 aliphatic rings. The van der Waals surface area contributed by atoms with Gasteiger partial charge in [0.15, 0.2) is 11.3 Å². The molecule has 160 valence electrons. The van der Waals surface area contributed by atoms with Gasteiger partial charge in [0.1, 0.15) is 5.58 Å². The van der Waals surface area contributed by atoms with E-state index >= 15 is 0 Å². The lowest BCUT2D eigenvalue weighted by Gasteiger charge is -2.25. The number of hydrogen-bond acceptors (Lipinski definition) is 7. The van der Waals surface area contributed by atoms with Gasteiger partial charge >= 0.3 is 0 Å². The summed E-state index contributed by atoms with van der Waals surface area (Å²) in [7, 11) is -3.56. The van der Waals surface area contributed by atoms with E-state index in [1.165, 1.54) is 4.31 Å². The Hall–Kier alpha value is -2.75. The van der Waals surface area contributed by atoms with Crippen molar-refractivity contribution in [2.45, 2.75) is 11.8 Å². The zero-order valence-corrected chi connectivity index (χ0v) is 18.6. The average molecular weight is 456 g/mol. The summed E-state index contributed by atoms with van der Waals surface area (Å²) in [6, 6.07) is 12.7. The Bertz CT molecular complexity index is 1400. The fraction of sp³-hybridized carbons (Fsp3) is 0.227. The molecule has 1 aromatic heterocycles. The molecular weight excluding hydrogens is 434 g/mol. The van der Waals surface area contributed by atoms with Crippen LogP contribution in [-0.4, -0.2) is 43.2 Å². The van der Waals surface area contributed by atoms with Crippen molar-refractivity contribution in [1.29, 1.82) is 0 Å². The topological polar surface area (TPSA) is 84.1 Å². The molecule has 3 aromatic rings. The molecule has 31 heavy (non-hydrogen) atoms. The van der Waals surface area contributed by atoms with E-state index in [0.29, 0.717) is 40.5 Å². The van der Waals surface area contributed by atoms with Crippen LogP contribution < -0.4 is 16.1 Å². The molecule has 1 fully saturated rings. The predicted octanol–water partition coefficient (Wildman–Crippen LogP) is 1.94. The SMILES string of the molecule is C=c1c(=C2N=C(c3ccc(C)cc3)NO2)oc2ccc(S(=O)(=O)N3CCSCC3)cc12. The van der Waals surface area contributed by atoms with Gasteiger partial charge in [0, 0.05) is 40.8 Å². The maximum Gasteiger partial charge on any atom is 0.291 e. The highest BCUT2D eigenvalue weighted by Gasteiger charge is 2.27. The van der Waals surface area contributed by atoms with Crippen molar-refractivity contribution >= 4 is 51.1 Å². The van der Waals surface area contributed by atoms with Crippen molar-refractivity contribution < 1.29 is 17.7 Å². The number of thioether (sulfide) groups is 1. The van der Waals surface area contributed by atoms with Crippen LogP contribution in [0.15, 0.2) is 56.8 Å². The first-order chi connectivity index (χ1) is 14.9. The Morgan fingerprint density at radius 2 is 1.87 bits per heavy atom. The fourth-order valence-corrected chi connectivity index (χ4v) is 6.18. The maximum absolute atomic E-state index is 13.0. The van der Waals surface area contributed by atoms with Gasteiger partial charge in [0.2, 0.25) is 10.0 Å². The van der Waals surface area contributed by atoms with Crippen molar-refractivity contribution in [2.75, 3.05) is 24.6 Å². The van der Waals surface area contributed by atoms with Gasteiger partial charge in [-0.1, -0.05) is 36.4 Å². The zero-order chi connectivity index (χ0) is 21.6. The van der Waals surface area contributed by atoms with E-state index in [0.717, 1.165) is 22.6 Å². The Labute approximate surface area is 184 Å². The smallest absolute Gasteiger partial charge is 0.291 e. The minimum absolute atomic E-state index is 0.239. The number of aryl methyl sites for hydroxylation is 1. The van der Waals surface area contributed by atoms with Gasteiger partial charge in [0.25, 0.3) is 5.88 Å². The lowest BCUT2D eigenvalue weighted by atomic mass is 10.1. The summed E-state index contributed by atoms with van der Waals surface area (Å²) in [6.07, 6.45) is 0. The van der Waals surface area contributed by atoms with Crippen LogP contribution in [0.2, 0.25) is 0 Å². The lowest BCUT2D eigenvalue weighted by molar-refractivity contribution is 0.225. The minimum atomic E-state index is -3.56. The molecule has 0 radical (unpaired) electrons.